The van der Waals surface area contributed by atoms with Gasteiger partial charge in [-0.15, -0.1) is 6.42 Å². The fraction of sp³-hybridized carbons (Fsp3) is 0.333. The highest BCUT2D eigenvalue weighted by molar-refractivity contribution is 7.80. The van der Waals surface area contributed by atoms with Crippen molar-refractivity contribution in [1.29, 1.82) is 0 Å². The molecule has 5 nitrogen and oxygen atoms in total. The standard InChI is InChI=1S/C18H20N2O3S/c1-4-9-20-17(21)14(19-18(20)24)11-13-7-8-15(23-10-5-2)16(12-13)22-6-3/h2,7-8,11-12H,4,6,9-10H2,1,3H3,(H,19,24). The highest BCUT2D eigenvalue weighted by atomic mass is 32.1. The molecule has 1 aliphatic heterocycles. The summed E-state index contributed by atoms with van der Waals surface area (Å²) >= 11 is 5.20. The molecule has 1 aliphatic rings. The molecule has 24 heavy (non-hydrogen) atoms. The third kappa shape index (κ3) is 4.06. The Morgan fingerprint density at radius 3 is 2.79 bits per heavy atom. The van der Waals surface area contributed by atoms with Gasteiger partial charge in [0.25, 0.3) is 5.91 Å². The summed E-state index contributed by atoms with van der Waals surface area (Å²) in [7, 11) is 0. The summed E-state index contributed by atoms with van der Waals surface area (Å²) in [6, 6.07) is 5.42. The van der Waals surface area contributed by atoms with E-state index in [0.717, 1.165) is 12.0 Å². The van der Waals surface area contributed by atoms with E-state index in [1.54, 1.807) is 17.0 Å². The maximum absolute atomic E-state index is 12.4. The first-order chi connectivity index (χ1) is 11.6. The molecule has 1 N–H and O–H groups in total. The maximum Gasteiger partial charge on any atom is 0.276 e. The second kappa shape index (κ2) is 8.37. The molecule has 126 valence electrons. The van der Waals surface area contributed by atoms with Crippen molar-refractivity contribution in [3.05, 3.63) is 29.5 Å². The number of carbonyl (C=O) groups is 1. The number of hydrogen-bond donors (Lipinski definition) is 1. The second-order valence-corrected chi connectivity index (χ2v) is 5.46. The van der Waals surface area contributed by atoms with E-state index < -0.39 is 0 Å². The van der Waals surface area contributed by atoms with Gasteiger partial charge in [-0.05, 0) is 49.3 Å². The fourth-order valence-corrected chi connectivity index (χ4v) is 2.57. The Hall–Kier alpha value is -2.52. The maximum atomic E-state index is 12.4. The van der Waals surface area contributed by atoms with Crippen molar-refractivity contribution < 1.29 is 14.3 Å². The highest BCUT2D eigenvalue weighted by Crippen LogP contribution is 2.29. The zero-order valence-electron chi connectivity index (χ0n) is 13.8. The van der Waals surface area contributed by atoms with Crippen LogP contribution in [0, 0.1) is 12.3 Å². The van der Waals surface area contributed by atoms with Crippen LogP contribution in [-0.4, -0.2) is 35.7 Å². The molecule has 1 aromatic carbocycles. The number of hydrogen-bond acceptors (Lipinski definition) is 4. The number of carbonyl (C=O) groups excluding carboxylic acids is 1. The molecule has 0 aliphatic carbocycles. The molecule has 0 atom stereocenters. The zero-order chi connectivity index (χ0) is 17.5. The number of ether oxygens (including phenoxy) is 2. The molecule has 2 rings (SSSR count). The average Bonchev–Trinajstić information content (AvgIpc) is 2.82. The van der Waals surface area contributed by atoms with Crippen molar-refractivity contribution in [1.82, 2.24) is 10.2 Å². The van der Waals surface area contributed by atoms with E-state index in [1.807, 2.05) is 26.0 Å². The van der Waals surface area contributed by atoms with Crippen LogP contribution in [0.4, 0.5) is 0 Å². The quantitative estimate of drug-likeness (QED) is 0.468. The lowest BCUT2D eigenvalue weighted by molar-refractivity contribution is -0.122. The van der Waals surface area contributed by atoms with Gasteiger partial charge in [-0.2, -0.15) is 0 Å². The van der Waals surface area contributed by atoms with E-state index in [-0.39, 0.29) is 12.5 Å². The number of rotatable bonds is 7. The van der Waals surface area contributed by atoms with Gasteiger partial charge in [0.1, 0.15) is 12.3 Å². The Morgan fingerprint density at radius 1 is 1.33 bits per heavy atom. The number of nitrogens with one attached hydrogen (secondary N) is 1. The molecule has 0 aromatic heterocycles. The molecule has 0 unspecified atom stereocenters. The predicted molar refractivity (Wildman–Crippen MR) is 97.7 cm³/mol. The molecule has 1 aromatic rings. The minimum absolute atomic E-state index is 0.118. The minimum atomic E-state index is -0.118. The Labute approximate surface area is 147 Å². The lowest BCUT2D eigenvalue weighted by atomic mass is 10.1. The number of amides is 1. The summed E-state index contributed by atoms with van der Waals surface area (Å²) in [4.78, 5) is 13.9. The first kappa shape index (κ1) is 17.8. The van der Waals surface area contributed by atoms with Gasteiger partial charge in [0, 0.05) is 6.54 Å². The normalized spacial score (nSPS) is 15.4. The summed E-state index contributed by atoms with van der Waals surface area (Å²) in [5.41, 5.74) is 1.26. The molecule has 0 spiro atoms. The van der Waals surface area contributed by atoms with Gasteiger partial charge >= 0.3 is 0 Å². The molecule has 1 amide bonds. The topological polar surface area (TPSA) is 50.8 Å². The van der Waals surface area contributed by atoms with E-state index in [1.165, 1.54) is 0 Å². The van der Waals surface area contributed by atoms with Crippen molar-refractivity contribution in [2.24, 2.45) is 0 Å². The average molecular weight is 344 g/mol. The number of nitrogens with zero attached hydrogens (tertiary/aromatic N) is 1. The van der Waals surface area contributed by atoms with Crippen LogP contribution in [0.2, 0.25) is 0 Å². The third-order valence-electron chi connectivity index (χ3n) is 3.30. The second-order valence-electron chi connectivity index (χ2n) is 5.08. The van der Waals surface area contributed by atoms with Gasteiger partial charge in [0.2, 0.25) is 0 Å². The van der Waals surface area contributed by atoms with Crippen molar-refractivity contribution in [2.75, 3.05) is 19.8 Å². The monoisotopic (exact) mass is 344 g/mol. The highest BCUT2D eigenvalue weighted by Gasteiger charge is 2.29. The van der Waals surface area contributed by atoms with Gasteiger partial charge in [-0.1, -0.05) is 18.9 Å². The van der Waals surface area contributed by atoms with Crippen LogP contribution in [0.1, 0.15) is 25.8 Å². The molecule has 0 bridgehead atoms. The van der Waals surface area contributed by atoms with Crippen molar-refractivity contribution >= 4 is 29.3 Å². The van der Waals surface area contributed by atoms with Crippen LogP contribution in [0.15, 0.2) is 23.9 Å². The number of benzene rings is 1. The molecule has 0 radical (unpaired) electrons. The Balaban J connectivity index is 2.26. The number of terminal acetylenes is 1. The number of thiocarbonyl (C=S) groups is 1. The lowest BCUT2D eigenvalue weighted by Gasteiger charge is -2.11. The third-order valence-corrected chi connectivity index (χ3v) is 3.62. The first-order valence-corrected chi connectivity index (χ1v) is 8.19. The molecular formula is C18H20N2O3S. The fourth-order valence-electron chi connectivity index (χ4n) is 2.29. The lowest BCUT2D eigenvalue weighted by Crippen LogP contribution is -2.31. The van der Waals surface area contributed by atoms with Gasteiger partial charge in [-0.25, -0.2) is 0 Å². The van der Waals surface area contributed by atoms with Crippen LogP contribution >= 0.6 is 12.2 Å². The van der Waals surface area contributed by atoms with Crippen LogP contribution in [0.5, 0.6) is 11.5 Å². The van der Waals surface area contributed by atoms with Crippen molar-refractivity contribution in [2.45, 2.75) is 20.3 Å². The summed E-state index contributed by atoms with van der Waals surface area (Å²) in [6.45, 7) is 5.16. The Bertz CT molecular complexity index is 707. The van der Waals surface area contributed by atoms with Crippen molar-refractivity contribution in [3.8, 4) is 23.8 Å². The molecule has 6 heteroatoms. The van der Waals surface area contributed by atoms with E-state index in [2.05, 4.69) is 11.2 Å². The van der Waals surface area contributed by atoms with Gasteiger partial charge in [-0.3, -0.25) is 9.69 Å². The van der Waals surface area contributed by atoms with E-state index in [9.17, 15) is 4.79 Å². The van der Waals surface area contributed by atoms with Crippen molar-refractivity contribution in [3.63, 3.8) is 0 Å². The molecule has 1 fully saturated rings. The van der Waals surface area contributed by atoms with Gasteiger partial charge < -0.3 is 14.8 Å². The Kier molecular flexibility index (Phi) is 6.21. The van der Waals surface area contributed by atoms with Gasteiger partial charge in [0.15, 0.2) is 16.6 Å². The van der Waals surface area contributed by atoms with Crippen LogP contribution in [0.25, 0.3) is 6.08 Å². The smallest absolute Gasteiger partial charge is 0.276 e. The SMILES string of the molecule is C#CCOc1ccc(C=C2NC(=S)N(CCC)C2=O)cc1OCC. The summed E-state index contributed by atoms with van der Waals surface area (Å²) in [5.74, 6) is 3.46. The summed E-state index contributed by atoms with van der Waals surface area (Å²) in [6.07, 6.45) is 7.81. The minimum Gasteiger partial charge on any atom is -0.490 e. The van der Waals surface area contributed by atoms with Crippen LogP contribution in [-0.2, 0) is 4.79 Å². The molecule has 1 heterocycles. The van der Waals surface area contributed by atoms with Crippen LogP contribution in [0.3, 0.4) is 0 Å². The summed E-state index contributed by atoms with van der Waals surface area (Å²) in [5, 5.41) is 3.39. The predicted octanol–water partition coefficient (Wildman–Crippen LogP) is 2.56. The van der Waals surface area contributed by atoms with E-state index in [4.69, 9.17) is 28.1 Å². The zero-order valence-corrected chi connectivity index (χ0v) is 14.6. The molecule has 0 saturated carbocycles. The Morgan fingerprint density at radius 2 is 2.12 bits per heavy atom. The van der Waals surface area contributed by atoms with E-state index >= 15 is 0 Å². The van der Waals surface area contributed by atoms with Crippen LogP contribution < -0.4 is 14.8 Å². The summed E-state index contributed by atoms with van der Waals surface area (Å²) < 4.78 is 11.0. The molecular weight excluding hydrogens is 324 g/mol. The largest absolute Gasteiger partial charge is 0.490 e. The first-order valence-electron chi connectivity index (χ1n) is 7.78. The van der Waals surface area contributed by atoms with E-state index in [0.29, 0.717) is 35.5 Å². The van der Waals surface area contributed by atoms with Gasteiger partial charge in [0.05, 0.1) is 6.61 Å². The molecule has 1 saturated heterocycles.